The highest BCUT2D eigenvalue weighted by Gasteiger charge is 2.33. The van der Waals surface area contributed by atoms with Gasteiger partial charge in [0.05, 0.1) is 25.2 Å². The number of rotatable bonds is 6. The molecule has 2 N–H and O–H groups in total. The Morgan fingerprint density at radius 3 is 2.62 bits per heavy atom. The van der Waals surface area contributed by atoms with Gasteiger partial charge in [0.15, 0.2) is 0 Å². The summed E-state index contributed by atoms with van der Waals surface area (Å²) in [4.78, 5) is 12.4. The quantitative estimate of drug-likeness (QED) is 0.843. The summed E-state index contributed by atoms with van der Waals surface area (Å²) >= 11 is 0. The zero-order valence-corrected chi connectivity index (χ0v) is 13.2. The molecule has 1 heterocycles. The fraction of sp³-hybridized carbons (Fsp3) is 0.588. The van der Waals surface area contributed by atoms with Gasteiger partial charge in [-0.3, -0.25) is 4.79 Å². The molecule has 3 atom stereocenters. The summed E-state index contributed by atoms with van der Waals surface area (Å²) in [6.45, 7) is 8.19. The van der Waals surface area contributed by atoms with Crippen molar-refractivity contribution in [3.05, 3.63) is 35.4 Å². The highest BCUT2D eigenvalue weighted by molar-refractivity contribution is 5.80. The predicted octanol–water partition coefficient (Wildman–Crippen LogP) is 2.05. The molecule has 1 aromatic carbocycles. The molecule has 1 amide bonds. The van der Waals surface area contributed by atoms with Crippen LogP contribution in [0.1, 0.15) is 37.9 Å². The Hall–Kier alpha value is -1.39. The first-order chi connectivity index (χ1) is 10.2. The Morgan fingerprint density at radius 1 is 1.29 bits per heavy atom. The van der Waals surface area contributed by atoms with Crippen LogP contribution in [0.15, 0.2) is 24.3 Å². The van der Waals surface area contributed by atoms with Crippen LogP contribution in [0, 0.1) is 5.92 Å². The van der Waals surface area contributed by atoms with Crippen molar-refractivity contribution in [2.24, 2.45) is 5.92 Å². The summed E-state index contributed by atoms with van der Waals surface area (Å²) in [5, 5.41) is 6.42. The molecule has 1 aromatic rings. The molecular weight excluding hydrogens is 264 g/mol. The molecule has 1 aliphatic rings. The lowest BCUT2D eigenvalue weighted by Crippen LogP contribution is -2.44. The summed E-state index contributed by atoms with van der Waals surface area (Å²) in [6.07, 6.45) is 1.03. The van der Waals surface area contributed by atoms with Gasteiger partial charge in [-0.2, -0.15) is 0 Å². The maximum Gasteiger partial charge on any atom is 0.227 e. The van der Waals surface area contributed by atoms with Gasteiger partial charge in [-0.1, -0.05) is 38.1 Å². The maximum absolute atomic E-state index is 12.4. The fourth-order valence-electron chi connectivity index (χ4n) is 2.72. The van der Waals surface area contributed by atoms with E-state index in [0.29, 0.717) is 13.2 Å². The van der Waals surface area contributed by atoms with E-state index in [-0.39, 0.29) is 23.9 Å². The second-order valence-electron chi connectivity index (χ2n) is 5.63. The van der Waals surface area contributed by atoms with Crippen LogP contribution < -0.4 is 10.6 Å². The molecule has 0 radical (unpaired) electrons. The van der Waals surface area contributed by atoms with Gasteiger partial charge in [-0.25, -0.2) is 0 Å². The van der Waals surface area contributed by atoms with E-state index in [9.17, 15) is 4.79 Å². The number of carbonyl (C=O) groups is 1. The zero-order valence-electron chi connectivity index (χ0n) is 13.2. The van der Waals surface area contributed by atoms with Gasteiger partial charge in [-0.15, -0.1) is 0 Å². The number of hydrogen-bond acceptors (Lipinski definition) is 3. The molecule has 0 spiro atoms. The average molecular weight is 290 g/mol. The van der Waals surface area contributed by atoms with E-state index in [2.05, 4.69) is 41.8 Å². The molecule has 1 saturated heterocycles. The van der Waals surface area contributed by atoms with Crippen LogP contribution in [-0.4, -0.2) is 31.7 Å². The lowest BCUT2D eigenvalue weighted by molar-refractivity contribution is -0.126. The van der Waals surface area contributed by atoms with Crippen LogP contribution in [0.3, 0.4) is 0 Å². The van der Waals surface area contributed by atoms with Crippen LogP contribution in [0.25, 0.3) is 0 Å². The molecule has 4 nitrogen and oxygen atoms in total. The Balaban J connectivity index is 1.94. The summed E-state index contributed by atoms with van der Waals surface area (Å²) in [6, 6.07) is 8.58. The molecule has 116 valence electrons. The standard InChI is InChI=1S/C17H26N2O2/c1-4-13-6-8-14(9-7-13)12(3)19-17(20)15-10-21-11-16(15)18-5-2/h6-9,12,15-16,18H,4-5,10-11H2,1-3H3,(H,19,20). The van der Waals surface area contributed by atoms with E-state index in [0.717, 1.165) is 18.5 Å². The normalized spacial score (nSPS) is 23.0. The van der Waals surface area contributed by atoms with E-state index >= 15 is 0 Å². The van der Waals surface area contributed by atoms with Crippen LogP contribution >= 0.6 is 0 Å². The summed E-state index contributed by atoms with van der Waals surface area (Å²) in [5.41, 5.74) is 2.45. The van der Waals surface area contributed by atoms with Crippen molar-refractivity contribution in [2.75, 3.05) is 19.8 Å². The molecule has 2 rings (SSSR count). The van der Waals surface area contributed by atoms with Crippen LogP contribution in [0.4, 0.5) is 0 Å². The monoisotopic (exact) mass is 290 g/mol. The van der Waals surface area contributed by atoms with Crippen molar-refractivity contribution >= 4 is 5.91 Å². The predicted molar refractivity (Wildman–Crippen MR) is 84.2 cm³/mol. The van der Waals surface area contributed by atoms with E-state index in [1.54, 1.807) is 0 Å². The van der Waals surface area contributed by atoms with Crippen molar-refractivity contribution in [3.63, 3.8) is 0 Å². The smallest absolute Gasteiger partial charge is 0.227 e. The van der Waals surface area contributed by atoms with Crippen molar-refractivity contribution in [1.82, 2.24) is 10.6 Å². The fourth-order valence-corrected chi connectivity index (χ4v) is 2.72. The van der Waals surface area contributed by atoms with Gasteiger partial charge < -0.3 is 15.4 Å². The number of hydrogen-bond donors (Lipinski definition) is 2. The third kappa shape index (κ3) is 4.05. The Morgan fingerprint density at radius 2 is 2.00 bits per heavy atom. The van der Waals surface area contributed by atoms with Gasteiger partial charge >= 0.3 is 0 Å². The largest absolute Gasteiger partial charge is 0.379 e. The SMILES string of the molecule is CCNC1COCC1C(=O)NC(C)c1ccc(CC)cc1. The molecule has 21 heavy (non-hydrogen) atoms. The third-order valence-electron chi connectivity index (χ3n) is 4.13. The van der Waals surface area contributed by atoms with Crippen molar-refractivity contribution in [3.8, 4) is 0 Å². The highest BCUT2D eigenvalue weighted by Crippen LogP contribution is 2.18. The number of carbonyl (C=O) groups excluding carboxylic acids is 1. The number of likely N-dealkylation sites (N-methyl/N-ethyl adjacent to an activating group) is 1. The van der Waals surface area contributed by atoms with Gasteiger partial charge in [-0.05, 0) is 31.0 Å². The summed E-state index contributed by atoms with van der Waals surface area (Å²) in [7, 11) is 0. The van der Waals surface area contributed by atoms with Crippen molar-refractivity contribution in [1.29, 1.82) is 0 Å². The van der Waals surface area contributed by atoms with E-state index in [1.807, 2.05) is 13.8 Å². The van der Waals surface area contributed by atoms with Crippen LogP contribution in [0.2, 0.25) is 0 Å². The summed E-state index contributed by atoms with van der Waals surface area (Å²) in [5.74, 6) is -0.0205. The highest BCUT2D eigenvalue weighted by atomic mass is 16.5. The average Bonchev–Trinajstić information content (AvgIpc) is 2.96. The third-order valence-corrected chi connectivity index (χ3v) is 4.13. The summed E-state index contributed by atoms with van der Waals surface area (Å²) < 4.78 is 5.44. The molecule has 0 aromatic heterocycles. The molecule has 0 aliphatic carbocycles. The number of amides is 1. The minimum absolute atomic E-state index is 0.0197. The molecule has 0 bridgehead atoms. The number of nitrogens with one attached hydrogen (secondary N) is 2. The first-order valence-electron chi connectivity index (χ1n) is 7.86. The Bertz CT molecular complexity index is 458. The second kappa shape index (κ2) is 7.57. The van der Waals surface area contributed by atoms with Gasteiger partial charge in [0, 0.05) is 6.04 Å². The number of ether oxygens (including phenoxy) is 1. The minimum atomic E-state index is -0.0951. The zero-order chi connectivity index (χ0) is 15.2. The minimum Gasteiger partial charge on any atom is -0.379 e. The maximum atomic E-state index is 12.4. The van der Waals surface area contributed by atoms with Gasteiger partial charge in [0.25, 0.3) is 0 Å². The molecule has 3 unspecified atom stereocenters. The first kappa shape index (κ1) is 16.0. The molecule has 4 heteroatoms. The molecule has 1 aliphatic heterocycles. The lowest BCUT2D eigenvalue weighted by atomic mass is 10.0. The van der Waals surface area contributed by atoms with E-state index < -0.39 is 0 Å². The van der Waals surface area contributed by atoms with Crippen molar-refractivity contribution < 1.29 is 9.53 Å². The topological polar surface area (TPSA) is 50.4 Å². The Labute approximate surface area is 127 Å². The second-order valence-corrected chi connectivity index (χ2v) is 5.63. The lowest BCUT2D eigenvalue weighted by Gasteiger charge is -2.21. The van der Waals surface area contributed by atoms with E-state index in [1.165, 1.54) is 5.56 Å². The van der Waals surface area contributed by atoms with Gasteiger partial charge in [0.2, 0.25) is 5.91 Å². The van der Waals surface area contributed by atoms with Crippen LogP contribution in [-0.2, 0) is 16.0 Å². The van der Waals surface area contributed by atoms with Crippen molar-refractivity contribution in [2.45, 2.75) is 39.3 Å². The van der Waals surface area contributed by atoms with E-state index in [4.69, 9.17) is 4.74 Å². The first-order valence-corrected chi connectivity index (χ1v) is 7.86. The van der Waals surface area contributed by atoms with Crippen LogP contribution in [0.5, 0.6) is 0 Å². The molecule has 1 fully saturated rings. The number of benzene rings is 1. The molecule has 0 saturated carbocycles. The molecular formula is C17H26N2O2. The number of aryl methyl sites for hydroxylation is 1. The Kier molecular flexibility index (Phi) is 5.76. The van der Waals surface area contributed by atoms with Gasteiger partial charge in [0.1, 0.15) is 0 Å².